The summed E-state index contributed by atoms with van der Waals surface area (Å²) in [6.45, 7) is 0.226. The van der Waals surface area contributed by atoms with Crippen molar-refractivity contribution in [3.05, 3.63) is 35.4 Å². The highest BCUT2D eigenvalue weighted by Crippen LogP contribution is 2.14. The molecule has 1 aromatic carbocycles. The molecule has 1 nitrogen and oxygen atoms in total. The van der Waals surface area contributed by atoms with Crippen molar-refractivity contribution in [2.45, 2.75) is 19.0 Å². The minimum absolute atomic E-state index is 0.0523. The number of nitrogens with two attached hydrogens (primary N) is 1. The van der Waals surface area contributed by atoms with Crippen LogP contribution in [0.15, 0.2) is 18.2 Å². The summed E-state index contributed by atoms with van der Waals surface area (Å²) in [4.78, 5) is 0. The SMILES string of the molecule is NCCC(F)Cc1ccc(F)cc1F. The first-order valence-corrected chi connectivity index (χ1v) is 4.41. The van der Waals surface area contributed by atoms with Crippen molar-refractivity contribution in [1.29, 1.82) is 0 Å². The van der Waals surface area contributed by atoms with Crippen LogP contribution in [0, 0.1) is 11.6 Å². The summed E-state index contributed by atoms with van der Waals surface area (Å²) in [5.74, 6) is -1.36. The molecule has 0 aliphatic carbocycles. The standard InChI is InChI=1S/C10H12F3N/c11-8-2-1-7(10(13)6-8)5-9(12)3-4-14/h1-2,6,9H,3-5,14H2. The fourth-order valence-electron chi connectivity index (χ4n) is 1.21. The molecule has 0 radical (unpaired) electrons. The van der Waals surface area contributed by atoms with Gasteiger partial charge in [0.25, 0.3) is 0 Å². The van der Waals surface area contributed by atoms with Gasteiger partial charge in [-0.15, -0.1) is 0 Å². The second-order valence-corrected chi connectivity index (χ2v) is 3.11. The van der Waals surface area contributed by atoms with Gasteiger partial charge in [-0.3, -0.25) is 0 Å². The summed E-state index contributed by atoms with van der Waals surface area (Å²) < 4.78 is 38.5. The van der Waals surface area contributed by atoms with Crippen LogP contribution in [0.1, 0.15) is 12.0 Å². The van der Waals surface area contributed by atoms with Gasteiger partial charge in [0.1, 0.15) is 17.8 Å². The first-order valence-electron chi connectivity index (χ1n) is 4.41. The quantitative estimate of drug-likeness (QED) is 0.797. The van der Waals surface area contributed by atoms with Gasteiger partial charge in [-0.1, -0.05) is 6.07 Å². The maximum absolute atomic E-state index is 13.0. The Morgan fingerprint density at radius 3 is 2.57 bits per heavy atom. The van der Waals surface area contributed by atoms with Crippen molar-refractivity contribution < 1.29 is 13.2 Å². The van der Waals surface area contributed by atoms with Gasteiger partial charge in [-0.25, -0.2) is 13.2 Å². The van der Waals surface area contributed by atoms with Gasteiger partial charge in [0.05, 0.1) is 0 Å². The molecule has 2 N–H and O–H groups in total. The van der Waals surface area contributed by atoms with Crippen LogP contribution >= 0.6 is 0 Å². The number of hydrogen-bond acceptors (Lipinski definition) is 1. The van der Waals surface area contributed by atoms with Gasteiger partial charge in [0.15, 0.2) is 0 Å². The second-order valence-electron chi connectivity index (χ2n) is 3.11. The Balaban J connectivity index is 2.67. The first-order chi connectivity index (χ1) is 6.63. The predicted molar refractivity (Wildman–Crippen MR) is 48.6 cm³/mol. The van der Waals surface area contributed by atoms with Gasteiger partial charge in [-0.05, 0) is 24.6 Å². The third-order valence-electron chi connectivity index (χ3n) is 1.94. The minimum Gasteiger partial charge on any atom is -0.330 e. The lowest BCUT2D eigenvalue weighted by Crippen LogP contribution is -2.12. The highest BCUT2D eigenvalue weighted by molar-refractivity contribution is 5.19. The Kier molecular flexibility index (Phi) is 3.95. The van der Waals surface area contributed by atoms with Crippen molar-refractivity contribution in [2.24, 2.45) is 5.73 Å². The Labute approximate surface area is 80.7 Å². The second kappa shape index (κ2) is 5.00. The van der Waals surface area contributed by atoms with Crippen LogP contribution < -0.4 is 5.73 Å². The molecule has 1 unspecified atom stereocenters. The van der Waals surface area contributed by atoms with Crippen LogP contribution in [-0.4, -0.2) is 12.7 Å². The average molecular weight is 203 g/mol. The number of benzene rings is 1. The Morgan fingerprint density at radius 1 is 1.29 bits per heavy atom. The zero-order valence-corrected chi connectivity index (χ0v) is 7.64. The van der Waals surface area contributed by atoms with Crippen molar-refractivity contribution in [2.75, 3.05) is 6.54 Å². The highest BCUT2D eigenvalue weighted by atomic mass is 19.1. The molecule has 0 saturated carbocycles. The van der Waals surface area contributed by atoms with E-state index in [-0.39, 0.29) is 24.9 Å². The molecule has 0 bridgehead atoms. The monoisotopic (exact) mass is 203 g/mol. The molecule has 0 heterocycles. The molecule has 78 valence electrons. The van der Waals surface area contributed by atoms with Crippen LogP contribution in [-0.2, 0) is 6.42 Å². The molecular weight excluding hydrogens is 191 g/mol. The van der Waals surface area contributed by atoms with Crippen LogP contribution in [0.5, 0.6) is 0 Å². The zero-order chi connectivity index (χ0) is 10.6. The largest absolute Gasteiger partial charge is 0.330 e. The van der Waals surface area contributed by atoms with E-state index in [2.05, 4.69) is 0 Å². The van der Waals surface area contributed by atoms with Crippen LogP contribution in [0.3, 0.4) is 0 Å². The summed E-state index contributed by atoms with van der Waals surface area (Å²) in [5.41, 5.74) is 5.34. The number of alkyl halides is 1. The molecule has 0 amide bonds. The lowest BCUT2D eigenvalue weighted by Gasteiger charge is -2.07. The van der Waals surface area contributed by atoms with Gasteiger partial charge in [0.2, 0.25) is 0 Å². The van der Waals surface area contributed by atoms with Crippen molar-refractivity contribution in [3.63, 3.8) is 0 Å². The maximum Gasteiger partial charge on any atom is 0.129 e. The Bertz CT molecular complexity index is 301. The Morgan fingerprint density at radius 2 is 2.00 bits per heavy atom. The van der Waals surface area contributed by atoms with E-state index in [0.717, 1.165) is 12.1 Å². The van der Waals surface area contributed by atoms with E-state index in [1.165, 1.54) is 6.07 Å². The molecule has 1 rings (SSSR count). The van der Waals surface area contributed by atoms with E-state index in [4.69, 9.17) is 5.73 Å². The van der Waals surface area contributed by atoms with Crippen molar-refractivity contribution >= 4 is 0 Å². The van der Waals surface area contributed by atoms with Crippen LogP contribution in [0.25, 0.3) is 0 Å². The third kappa shape index (κ3) is 3.03. The van der Waals surface area contributed by atoms with E-state index < -0.39 is 17.8 Å². The summed E-state index contributed by atoms with van der Waals surface area (Å²) >= 11 is 0. The fourth-order valence-corrected chi connectivity index (χ4v) is 1.21. The molecular formula is C10H12F3N. The number of halogens is 3. The molecule has 1 aromatic rings. The summed E-state index contributed by atoms with van der Waals surface area (Å²) in [6, 6.07) is 3.13. The zero-order valence-electron chi connectivity index (χ0n) is 7.64. The number of rotatable bonds is 4. The molecule has 0 fully saturated rings. The molecule has 0 spiro atoms. The highest BCUT2D eigenvalue weighted by Gasteiger charge is 2.10. The van der Waals surface area contributed by atoms with Crippen LogP contribution in [0.4, 0.5) is 13.2 Å². The van der Waals surface area contributed by atoms with Gasteiger partial charge >= 0.3 is 0 Å². The van der Waals surface area contributed by atoms with E-state index in [9.17, 15) is 13.2 Å². The van der Waals surface area contributed by atoms with Crippen LogP contribution in [0.2, 0.25) is 0 Å². The third-order valence-corrected chi connectivity index (χ3v) is 1.94. The molecule has 1 atom stereocenters. The average Bonchev–Trinajstić information content (AvgIpc) is 2.10. The molecule has 4 heteroatoms. The van der Waals surface area contributed by atoms with Gasteiger partial charge in [0, 0.05) is 12.5 Å². The lowest BCUT2D eigenvalue weighted by molar-refractivity contribution is 0.313. The normalized spacial score (nSPS) is 12.9. The summed E-state index contributed by atoms with van der Waals surface area (Å²) in [5, 5.41) is 0. The molecule has 0 aliphatic heterocycles. The predicted octanol–water partition coefficient (Wildman–Crippen LogP) is 2.19. The first kappa shape index (κ1) is 11.0. The van der Waals surface area contributed by atoms with Crippen molar-refractivity contribution in [3.8, 4) is 0 Å². The van der Waals surface area contributed by atoms with Crippen molar-refractivity contribution in [1.82, 2.24) is 0 Å². The fraction of sp³-hybridized carbons (Fsp3) is 0.400. The maximum atomic E-state index is 13.0. The lowest BCUT2D eigenvalue weighted by atomic mass is 10.1. The Hall–Kier alpha value is -1.03. The molecule has 0 aromatic heterocycles. The van der Waals surface area contributed by atoms with E-state index in [0.29, 0.717) is 0 Å². The minimum atomic E-state index is -1.17. The topological polar surface area (TPSA) is 26.0 Å². The summed E-state index contributed by atoms with van der Waals surface area (Å²) in [7, 11) is 0. The van der Waals surface area contributed by atoms with E-state index >= 15 is 0 Å². The molecule has 14 heavy (non-hydrogen) atoms. The molecule has 0 aliphatic rings. The van der Waals surface area contributed by atoms with E-state index in [1.807, 2.05) is 0 Å². The van der Waals surface area contributed by atoms with E-state index in [1.54, 1.807) is 0 Å². The van der Waals surface area contributed by atoms with Gasteiger partial charge < -0.3 is 5.73 Å². The molecule has 0 saturated heterocycles. The smallest absolute Gasteiger partial charge is 0.129 e. The van der Waals surface area contributed by atoms with Gasteiger partial charge in [-0.2, -0.15) is 0 Å². The summed E-state index contributed by atoms with van der Waals surface area (Å²) in [6.07, 6.45) is -1.03. The number of hydrogen-bond donors (Lipinski definition) is 1.